The van der Waals surface area contributed by atoms with Crippen molar-refractivity contribution in [1.82, 2.24) is 21.5 Å². The molecule has 112 valence electrons. The quantitative estimate of drug-likeness (QED) is 0.468. The molecule has 3 rings (SSSR count). The molecular weight excluding hydrogens is 292 g/mol. The van der Waals surface area contributed by atoms with Crippen molar-refractivity contribution >= 4 is 17.7 Å². The van der Waals surface area contributed by atoms with Crippen molar-refractivity contribution < 1.29 is 14.3 Å². The molecule has 1 aromatic carbocycles. The molecule has 1 atom stereocenters. The lowest BCUT2D eigenvalue weighted by Crippen LogP contribution is -2.72. The van der Waals surface area contributed by atoms with E-state index in [0.717, 1.165) is 17.1 Å². The minimum atomic E-state index is -0.797. The third-order valence-electron chi connectivity index (χ3n) is 3.24. The van der Waals surface area contributed by atoms with Gasteiger partial charge in [0.05, 0.1) is 0 Å². The molecule has 0 saturated carbocycles. The zero-order valence-electron chi connectivity index (χ0n) is 11.5. The molecule has 8 heteroatoms. The second kappa shape index (κ2) is 5.47. The van der Waals surface area contributed by atoms with Gasteiger partial charge < -0.3 is 20.2 Å². The SMILES string of the molecule is C=C1NNC(NCc2ccc3c(c2)OCO3)(SC)NC1=O. The Labute approximate surface area is 126 Å². The van der Waals surface area contributed by atoms with Gasteiger partial charge in [0.15, 0.2) is 11.5 Å². The number of nitrogens with one attached hydrogen (secondary N) is 4. The van der Waals surface area contributed by atoms with Crippen LogP contribution in [0.1, 0.15) is 5.56 Å². The molecule has 1 aromatic rings. The summed E-state index contributed by atoms with van der Waals surface area (Å²) in [7, 11) is 0. The van der Waals surface area contributed by atoms with Crippen LogP contribution in [0.4, 0.5) is 0 Å². The average molecular weight is 308 g/mol. The Morgan fingerprint density at radius 3 is 3.00 bits per heavy atom. The average Bonchev–Trinajstić information content (AvgIpc) is 2.96. The third kappa shape index (κ3) is 2.78. The van der Waals surface area contributed by atoms with E-state index in [0.29, 0.717) is 6.54 Å². The van der Waals surface area contributed by atoms with Crippen LogP contribution in [0.2, 0.25) is 0 Å². The number of hydrogen-bond donors (Lipinski definition) is 4. The van der Waals surface area contributed by atoms with Gasteiger partial charge in [-0.2, -0.15) is 5.43 Å². The van der Waals surface area contributed by atoms with Crippen molar-refractivity contribution in [3.05, 3.63) is 36.0 Å². The van der Waals surface area contributed by atoms with Crippen molar-refractivity contribution in [2.24, 2.45) is 0 Å². The van der Waals surface area contributed by atoms with Crippen LogP contribution in [0.3, 0.4) is 0 Å². The van der Waals surface area contributed by atoms with E-state index >= 15 is 0 Å². The summed E-state index contributed by atoms with van der Waals surface area (Å²) in [6.45, 7) is 4.39. The largest absolute Gasteiger partial charge is 0.454 e. The third-order valence-corrected chi connectivity index (χ3v) is 4.20. The van der Waals surface area contributed by atoms with Gasteiger partial charge in [-0.05, 0) is 24.0 Å². The molecule has 1 saturated heterocycles. The van der Waals surface area contributed by atoms with Gasteiger partial charge in [-0.25, -0.2) is 0 Å². The van der Waals surface area contributed by atoms with Gasteiger partial charge in [0, 0.05) is 6.54 Å². The number of hydrazine groups is 1. The molecular formula is C13H16N4O3S. The Morgan fingerprint density at radius 1 is 1.43 bits per heavy atom. The van der Waals surface area contributed by atoms with Gasteiger partial charge in [0.1, 0.15) is 5.70 Å². The predicted octanol–water partition coefficient (Wildman–Crippen LogP) is 0.217. The maximum atomic E-state index is 11.7. The van der Waals surface area contributed by atoms with Gasteiger partial charge in [0.25, 0.3) is 5.91 Å². The van der Waals surface area contributed by atoms with Crippen LogP contribution in [0.15, 0.2) is 30.5 Å². The molecule has 21 heavy (non-hydrogen) atoms. The molecule has 0 aromatic heterocycles. The van der Waals surface area contributed by atoms with E-state index in [1.54, 1.807) is 0 Å². The van der Waals surface area contributed by atoms with Gasteiger partial charge in [-0.1, -0.05) is 12.6 Å². The molecule has 4 N–H and O–H groups in total. The number of carbonyl (C=O) groups excluding carboxylic acids is 1. The summed E-state index contributed by atoms with van der Waals surface area (Å²) in [5.74, 6) is 1.24. The standard InChI is InChI=1S/C13H16N4O3S/c1-8-12(18)15-13(21-2,17-16-8)14-6-9-3-4-10-11(5-9)20-7-19-10/h3-5,14,16-17H,1,6-7H2,2H3,(H,15,18). The Bertz CT molecular complexity index is 595. The summed E-state index contributed by atoms with van der Waals surface area (Å²) in [5.41, 5.74) is 7.07. The first-order chi connectivity index (χ1) is 10.1. The fourth-order valence-electron chi connectivity index (χ4n) is 2.03. The highest BCUT2D eigenvalue weighted by Gasteiger charge is 2.35. The maximum Gasteiger partial charge on any atom is 0.271 e. The number of rotatable bonds is 4. The highest BCUT2D eigenvalue weighted by Crippen LogP contribution is 2.32. The van der Waals surface area contributed by atoms with E-state index in [9.17, 15) is 4.79 Å². The van der Waals surface area contributed by atoms with E-state index in [2.05, 4.69) is 28.1 Å². The maximum absolute atomic E-state index is 11.7. The molecule has 1 fully saturated rings. The normalized spacial score (nSPS) is 23.7. The van der Waals surface area contributed by atoms with Crippen LogP contribution in [-0.2, 0) is 11.3 Å². The predicted molar refractivity (Wildman–Crippen MR) is 79.2 cm³/mol. The summed E-state index contributed by atoms with van der Waals surface area (Å²) in [4.78, 5) is 11.7. The smallest absolute Gasteiger partial charge is 0.271 e. The van der Waals surface area contributed by atoms with Crippen LogP contribution in [-0.4, -0.2) is 24.1 Å². The lowest BCUT2D eigenvalue weighted by atomic mass is 10.2. The van der Waals surface area contributed by atoms with E-state index < -0.39 is 5.12 Å². The summed E-state index contributed by atoms with van der Waals surface area (Å²) < 4.78 is 10.6. The number of thioether (sulfide) groups is 1. The number of hydrogen-bond acceptors (Lipinski definition) is 7. The molecule has 0 spiro atoms. The van der Waals surface area contributed by atoms with Gasteiger partial charge >= 0.3 is 0 Å². The molecule has 2 heterocycles. The molecule has 2 aliphatic rings. The van der Waals surface area contributed by atoms with Crippen LogP contribution in [0, 0.1) is 0 Å². The number of ether oxygens (including phenoxy) is 2. The van der Waals surface area contributed by atoms with Crippen molar-refractivity contribution in [1.29, 1.82) is 0 Å². The molecule has 0 bridgehead atoms. The van der Waals surface area contributed by atoms with Gasteiger partial charge in [-0.3, -0.25) is 10.1 Å². The van der Waals surface area contributed by atoms with Crippen molar-refractivity contribution in [2.75, 3.05) is 13.0 Å². The van der Waals surface area contributed by atoms with Crippen molar-refractivity contribution in [3.8, 4) is 11.5 Å². The topological polar surface area (TPSA) is 83.7 Å². The lowest BCUT2D eigenvalue weighted by Gasteiger charge is -2.39. The number of benzene rings is 1. The Hall–Kier alpha value is -1.90. The minimum Gasteiger partial charge on any atom is -0.454 e. The summed E-state index contributed by atoms with van der Waals surface area (Å²) >= 11 is 1.43. The van der Waals surface area contributed by atoms with E-state index in [4.69, 9.17) is 9.47 Å². The first-order valence-corrected chi connectivity index (χ1v) is 7.58. The minimum absolute atomic E-state index is 0.249. The van der Waals surface area contributed by atoms with Crippen LogP contribution < -0.4 is 31.0 Å². The van der Waals surface area contributed by atoms with E-state index in [-0.39, 0.29) is 18.4 Å². The Kier molecular flexibility index (Phi) is 3.66. The van der Waals surface area contributed by atoms with Crippen molar-refractivity contribution in [2.45, 2.75) is 11.7 Å². The zero-order valence-corrected chi connectivity index (χ0v) is 12.3. The Morgan fingerprint density at radius 2 is 2.24 bits per heavy atom. The molecule has 0 radical (unpaired) electrons. The van der Waals surface area contributed by atoms with E-state index in [1.165, 1.54) is 11.8 Å². The first-order valence-electron chi connectivity index (χ1n) is 6.35. The monoisotopic (exact) mass is 308 g/mol. The highest BCUT2D eigenvalue weighted by molar-refractivity contribution is 7.99. The number of amides is 1. The fourth-order valence-corrected chi connectivity index (χ4v) is 2.59. The molecule has 1 amide bonds. The molecule has 0 aliphatic carbocycles. The van der Waals surface area contributed by atoms with Crippen LogP contribution in [0.5, 0.6) is 11.5 Å². The zero-order chi connectivity index (χ0) is 14.9. The summed E-state index contributed by atoms with van der Waals surface area (Å²) in [5, 5.41) is 5.30. The lowest BCUT2D eigenvalue weighted by molar-refractivity contribution is -0.121. The highest BCUT2D eigenvalue weighted by atomic mass is 32.2. The Balaban J connectivity index is 1.68. The molecule has 1 unspecified atom stereocenters. The molecule has 2 aliphatic heterocycles. The van der Waals surface area contributed by atoms with Crippen LogP contribution >= 0.6 is 11.8 Å². The second-order valence-electron chi connectivity index (χ2n) is 4.61. The number of carbonyl (C=O) groups is 1. The van der Waals surface area contributed by atoms with Crippen molar-refractivity contribution in [3.63, 3.8) is 0 Å². The first kappa shape index (κ1) is 14.1. The second-order valence-corrected chi connectivity index (χ2v) is 5.63. The summed E-state index contributed by atoms with van der Waals surface area (Å²) in [6, 6.07) is 5.74. The summed E-state index contributed by atoms with van der Waals surface area (Å²) in [6.07, 6.45) is 1.88. The van der Waals surface area contributed by atoms with Gasteiger partial charge in [-0.15, -0.1) is 11.8 Å². The van der Waals surface area contributed by atoms with Crippen LogP contribution in [0.25, 0.3) is 0 Å². The number of fused-ring (bicyclic) bond motifs is 1. The van der Waals surface area contributed by atoms with E-state index in [1.807, 2.05) is 24.5 Å². The molecule has 7 nitrogen and oxygen atoms in total. The van der Waals surface area contributed by atoms with Gasteiger partial charge in [0.2, 0.25) is 11.9 Å². The fraction of sp³-hybridized carbons (Fsp3) is 0.308.